The summed E-state index contributed by atoms with van der Waals surface area (Å²) in [6.45, 7) is 1.92. The quantitative estimate of drug-likeness (QED) is 0.775. The normalized spacial score (nSPS) is 40.2. The van der Waals surface area contributed by atoms with Crippen LogP contribution in [0, 0.1) is 5.92 Å². The van der Waals surface area contributed by atoms with Crippen molar-refractivity contribution in [3.8, 4) is 0 Å². The molecule has 0 spiro atoms. The first-order chi connectivity index (χ1) is 9.15. The van der Waals surface area contributed by atoms with Crippen LogP contribution in [-0.2, 0) is 4.79 Å². The van der Waals surface area contributed by atoms with E-state index in [9.17, 15) is 4.79 Å². The van der Waals surface area contributed by atoms with Gasteiger partial charge in [0, 0.05) is 37.1 Å². The summed E-state index contributed by atoms with van der Waals surface area (Å²) in [4.78, 5) is 17.3. The number of carbonyl (C=O) groups excluding carboxylic acids is 1. The number of amides is 1. The molecule has 19 heavy (non-hydrogen) atoms. The van der Waals surface area contributed by atoms with Crippen LogP contribution < -0.4 is 5.73 Å². The molecule has 2 saturated heterocycles. The molecule has 2 atom stereocenters. The minimum absolute atomic E-state index is 0.252. The van der Waals surface area contributed by atoms with E-state index in [1.807, 2.05) is 0 Å². The predicted molar refractivity (Wildman–Crippen MR) is 75.7 cm³/mol. The van der Waals surface area contributed by atoms with Crippen molar-refractivity contribution >= 4 is 5.91 Å². The van der Waals surface area contributed by atoms with Gasteiger partial charge in [-0.05, 0) is 52.0 Å². The van der Waals surface area contributed by atoms with E-state index in [2.05, 4.69) is 16.8 Å². The number of hydrogen-bond acceptors (Lipinski definition) is 3. The maximum atomic E-state index is 12.7. The second-order valence-electron chi connectivity index (χ2n) is 6.74. The Morgan fingerprint density at radius 1 is 1.00 bits per heavy atom. The number of likely N-dealkylation sites (tertiary alicyclic amines) is 1. The summed E-state index contributed by atoms with van der Waals surface area (Å²) in [6.07, 6.45) is 7.79. The molecule has 3 aliphatic rings. The van der Waals surface area contributed by atoms with Crippen LogP contribution in [0.4, 0.5) is 0 Å². The van der Waals surface area contributed by atoms with Crippen LogP contribution in [0.1, 0.15) is 44.9 Å². The molecule has 108 valence electrons. The first-order valence-electron chi connectivity index (χ1n) is 7.91. The monoisotopic (exact) mass is 265 g/mol. The molecule has 0 aromatic rings. The number of nitrogens with zero attached hydrogens (tertiary/aromatic N) is 2. The number of carbonyl (C=O) groups is 1. The zero-order chi connectivity index (χ0) is 13.4. The van der Waals surface area contributed by atoms with E-state index >= 15 is 0 Å². The van der Waals surface area contributed by atoms with Crippen molar-refractivity contribution in [1.29, 1.82) is 0 Å². The first-order valence-corrected chi connectivity index (χ1v) is 7.91. The molecule has 0 aromatic carbocycles. The van der Waals surface area contributed by atoms with Gasteiger partial charge in [-0.3, -0.25) is 9.69 Å². The molecule has 2 heterocycles. The lowest BCUT2D eigenvalue weighted by Crippen LogP contribution is -2.43. The van der Waals surface area contributed by atoms with Gasteiger partial charge in [-0.2, -0.15) is 0 Å². The second kappa shape index (κ2) is 5.41. The fourth-order valence-corrected chi connectivity index (χ4v) is 4.13. The summed E-state index contributed by atoms with van der Waals surface area (Å²) in [7, 11) is 2.23. The Labute approximate surface area is 116 Å². The SMILES string of the molecule is CN1C2CCC1CN(C(=O)C1CCC(N)CC1)CC2. The average molecular weight is 265 g/mol. The van der Waals surface area contributed by atoms with Gasteiger partial charge in [-0.15, -0.1) is 0 Å². The van der Waals surface area contributed by atoms with E-state index in [4.69, 9.17) is 5.73 Å². The van der Waals surface area contributed by atoms with Gasteiger partial charge >= 0.3 is 0 Å². The minimum atomic E-state index is 0.252. The van der Waals surface area contributed by atoms with E-state index in [0.717, 1.165) is 45.2 Å². The maximum absolute atomic E-state index is 12.7. The molecule has 2 bridgehead atoms. The largest absolute Gasteiger partial charge is 0.341 e. The Hall–Kier alpha value is -0.610. The van der Waals surface area contributed by atoms with Gasteiger partial charge in [0.2, 0.25) is 5.91 Å². The highest BCUT2D eigenvalue weighted by molar-refractivity contribution is 5.79. The van der Waals surface area contributed by atoms with Crippen molar-refractivity contribution in [2.45, 2.75) is 63.1 Å². The van der Waals surface area contributed by atoms with Gasteiger partial charge in [0.25, 0.3) is 0 Å². The molecule has 1 amide bonds. The van der Waals surface area contributed by atoms with Gasteiger partial charge < -0.3 is 10.6 Å². The molecule has 2 aliphatic heterocycles. The Bertz CT molecular complexity index is 338. The Kier molecular flexibility index (Phi) is 3.81. The van der Waals surface area contributed by atoms with Crippen molar-refractivity contribution in [2.75, 3.05) is 20.1 Å². The van der Waals surface area contributed by atoms with E-state index in [1.54, 1.807) is 0 Å². The molecule has 0 aromatic heterocycles. The summed E-state index contributed by atoms with van der Waals surface area (Å²) >= 11 is 0. The van der Waals surface area contributed by atoms with Gasteiger partial charge in [-0.25, -0.2) is 0 Å². The minimum Gasteiger partial charge on any atom is -0.341 e. The molecular formula is C15H27N3O. The number of rotatable bonds is 1. The fourth-order valence-electron chi connectivity index (χ4n) is 4.13. The van der Waals surface area contributed by atoms with E-state index in [0.29, 0.717) is 24.0 Å². The molecule has 2 N–H and O–H groups in total. The van der Waals surface area contributed by atoms with Crippen LogP contribution in [0.15, 0.2) is 0 Å². The van der Waals surface area contributed by atoms with Crippen LogP contribution in [-0.4, -0.2) is 54.0 Å². The molecule has 2 unspecified atom stereocenters. The number of fused-ring (bicyclic) bond motifs is 2. The lowest BCUT2D eigenvalue weighted by molar-refractivity contribution is -0.137. The van der Waals surface area contributed by atoms with Crippen LogP contribution in [0.25, 0.3) is 0 Å². The highest BCUT2D eigenvalue weighted by Crippen LogP contribution is 2.31. The maximum Gasteiger partial charge on any atom is 0.225 e. The third kappa shape index (κ3) is 2.65. The Morgan fingerprint density at radius 2 is 1.68 bits per heavy atom. The van der Waals surface area contributed by atoms with Gasteiger partial charge in [0.05, 0.1) is 0 Å². The second-order valence-corrected chi connectivity index (χ2v) is 6.74. The first kappa shape index (κ1) is 13.4. The lowest BCUT2D eigenvalue weighted by atomic mass is 9.85. The fraction of sp³-hybridized carbons (Fsp3) is 0.933. The predicted octanol–water partition coefficient (Wildman–Crippen LogP) is 1.20. The number of nitrogens with two attached hydrogens (primary N) is 1. The van der Waals surface area contributed by atoms with E-state index in [-0.39, 0.29) is 5.92 Å². The van der Waals surface area contributed by atoms with Crippen LogP contribution >= 0.6 is 0 Å². The Morgan fingerprint density at radius 3 is 2.42 bits per heavy atom. The van der Waals surface area contributed by atoms with Crippen LogP contribution in [0.5, 0.6) is 0 Å². The molecule has 1 aliphatic carbocycles. The topological polar surface area (TPSA) is 49.6 Å². The summed E-state index contributed by atoms with van der Waals surface area (Å²) in [5.41, 5.74) is 5.94. The van der Waals surface area contributed by atoms with Crippen molar-refractivity contribution in [3.05, 3.63) is 0 Å². The molecule has 3 rings (SSSR count). The molecule has 4 heteroatoms. The smallest absolute Gasteiger partial charge is 0.225 e. The highest BCUT2D eigenvalue weighted by Gasteiger charge is 2.37. The van der Waals surface area contributed by atoms with Crippen molar-refractivity contribution in [1.82, 2.24) is 9.80 Å². The lowest BCUT2D eigenvalue weighted by Gasteiger charge is -2.32. The zero-order valence-corrected chi connectivity index (χ0v) is 12.1. The van der Waals surface area contributed by atoms with Gasteiger partial charge in [-0.1, -0.05) is 0 Å². The summed E-state index contributed by atoms with van der Waals surface area (Å²) in [6, 6.07) is 1.64. The third-order valence-electron chi connectivity index (χ3n) is 5.58. The number of hydrogen-bond donors (Lipinski definition) is 1. The summed E-state index contributed by atoms with van der Waals surface area (Å²) in [5, 5.41) is 0. The Balaban J connectivity index is 1.61. The summed E-state index contributed by atoms with van der Waals surface area (Å²) < 4.78 is 0. The molecule has 1 saturated carbocycles. The summed E-state index contributed by atoms with van der Waals surface area (Å²) in [5.74, 6) is 0.662. The van der Waals surface area contributed by atoms with E-state index < -0.39 is 0 Å². The molecule has 0 radical (unpaired) electrons. The highest BCUT2D eigenvalue weighted by atomic mass is 16.2. The van der Waals surface area contributed by atoms with Gasteiger partial charge in [0.1, 0.15) is 0 Å². The van der Waals surface area contributed by atoms with Crippen LogP contribution in [0.3, 0.4) is 0 Å². The standard InChI is InChI=1S/C15H27N3O/c1-17-13-6-7-14(17)10-18(9-8-13)15(19)11-2-4-12(16)5-3-11/h11-14H,2-10,16H2,1H3. The molecule has 4 nitrogen and oxygen atoms in total. The van der Waals surface area contributed by atoms with Crippen molar-refractivity contribution < 1.29 is 4.79 Å². The van der Waals surface area contributed by atoms with Gasteiger partial charge in [0.15, 0.2) is 0 Å². The van der Waals surface area contributed by atoms with E-state index in [1.165, 1.54) is 12.8 Å². The molecular weight excluding hydrogens is 238 g/mol. The zero-order valence-electron chi connectivity index (χ0n) is 12.1. The average Bonchev–Trinajstić information content (AvgIpc) is 2.63. The van der Waals surface area contributed by atoms with Crippen LogP contribution in [0.2, 0.25) is 0 Å². The number of likely N-dealkylation sites (N-methyl/N-ethyl adjacent to an activating group) is 1. The van der Waals surface area contributed by atoms with Crippen molar-refractivity contribution in [2.24, 2.45) is 11.7 Å². The third-order valence-corrected chi connectivity index (χ3v) is 5.58. The van der Waals surface area contributed by atoms with Crippen molar-refractivity contribution in [3.63, 3.8) is 0 Å². The molecule has 3 fully saturated rings.